The van der Waals surface area contributed by atoms with Crippen LogP contribution in [0.3, 0.4) is 0 Å². The van der Waals surface area contributed by atoms with Crippen molar-refractivity contribution in [2.24, 2.45) is 0 Å². The van der Waals surface area contributed by atoms with Crippen LogP contribution in [-0.4, -0.2) is 37.3 Å². The molecule has 1 aromatic heterocycles. The van der Waals surface area contributed by atoms with E-state index >= 15 is 0 Å². The highest BCUT2D eigenvalue weighted by Crippen LogP contribution is 2.33. The zero-order valence-electron chi connectivity index (χ0n) is 13.4. The van der Waals surface area contributed by atoms with Gasteiger partial charge in [-0.05, 0) is 36.2 Å². The normalized spacial score (nSPS) is 18.6. The molecule has 1 aliphatic heterocycles. The van der Waals surface area contributed by atoms with E-state index in [4.69, 9.17) is 11.6 Å². The molecule has 1 unspecified atom stereocenters. The molecule has 1 N–H and O–H groups in total. The molecular weight excluding hydrogens is 388 g/mol. The van der Waals surface area contributed by atoms with E-state index in [2.05, 4.69) is 10.3 Å². The quantitative estimate of drug-likeness (QED) is 0.852. The molecule has 0 amide bonds. The number of sulfonamides is 1. The zero-order chi connectivity index (χ0) is 17.3. The molecule has 136 valence electrons. The number of hydrogen-bond donors (Lipinski definition) is 1. The number of nitrogens with zero attached hydrogens (tertiary/aromatic N) is 2. The van der Waals surface area contributed by atoms with Gasteiger partial charge in [-0.1, -0.05) is 17.7 Å². The number of aryl methyl sites for hydroxylation is 1. The highest BCUT2D eigenvalue weighted by atomic mass is 35.5. The number of rotatable bonds is 3. The Bertz CT molecular complexity index is 850. The molecule has 0 bridgehead atoms. The minimum Gasteiger partial charge on any atom is -0.313 e. The number of benzene rings is 1. The van der Waals surface area contributed by atoms with Crippen LogP contribution in [0.4, 0.5) is 4.39 Å². The Labute approximate surface area is 157 Å². The first-order chi connectivity index (χ1) is 11.4. The van der Waals surface area contributed by atoms with Crippen LogP contribution in [0.1, 0.15) is 17.2 Å². The predicted molar refractivity (Wildman–Crippen MR) is 97.1 cm³/mol. The van der Waals surface area contributed by atoms with Gasteiger partial charge in [0.2, 0.25) is 10.0 Å². The second-order valence-electron chi connectivity index (χ2n) is 5.65. The van der Waals surface area contributed by atoms with E-state index in [0.717, 1.165) is 11.6 Å². The molecule has 0 aliphatic carbocycles. The summed E-state index contributed by atoms with van der Waals surface area (Å²) in [7, 11) is -3.86. The maximum absolute atomic E-state index is 13.6. The van der Waals surface area contributed by atoms with Gasteiger partial charge in [0.05, 0.1) is 11.1 Å². The minimum absolute atomic E-state index is 0. The standard InChI is InChI=1S/C16H17ClFN3O2S.ClH/c1-11-7-16(13(17)8-14(11)18)24(22,23)21-6-5-20-10-15(21)12-3-2-4-19-9-12;/h2-4,7-9,15,20H,5-6,10H2,1H3;1H. The summed E-state index contributed by atoms with van der Waals surface area (Å²) in [5, 5.41) is 3.09. The van der Waals surface area contributed by atoms with Crippen LogP contribution >= 0.6 is 24.0 Å². The molecule has 1 aromatic carbocycles. The Balaban J connectivity index is 0.00000225. The SMILES string of the molecule is Cc1cc(S(=O)(=O)N2CCNCC2c2cccnc2)c(Cl)cc1F.Cl. The lowest BCUT2D eigenvalue weighted by Crippen LogP contribution is -2.48. The number of hydrogen-bond acceptors (Lipinski definition) is 4. The Morgan fingerprint density at radius 2 is 2.16 bits per heavy atom. The molecular formula is C16H18Cl2FN3O2S. The molecule has 1 aliphatic rings. The monoisotopic (exact) mass is 405 g/mol. The highest BCUT2D eigenvalue weighted by Gasteiger charge is 2.36. The van der Waals surface area contributed by atoms with Crippen LogP contribution in [0.2, 0.25) is 5.02 Å². The van der Waals surface area contributed by atoms with Crippen molar-refractivity contribution in [3.8, 4) is 0 Å². The second kappa shape index (κ2) is 7.97. The van der Waals surface area contributed by atoms with Crippen LogP contribution < -0.4 is 5.32 Å². The smallest absolute Gasteiger partial charge is 0.245 e. The first-order valence-corrected chi connectivity index (χ1v) is 9.31. The van der Waals surface area contributed by atoms with Gasteiger partial charge < -0.3 is 5.32 Å². The van der Waals surface area contributed by atoms with Gasteiger partial charge in [0.1, 0.15) is 10.7 Å². The number of nitrogens with one attached hydrogen (secondary N) is 1. The van der Waals surface area contributed by atoms with Crippen molar-refractivity contribution in [2.45, 2.75) is 17.9 Å². The van der Waals surface area contributed by atoms with Crippen LogP contribution in [0.15, 0.2) is 41.6 Å². The summed E-state index contributed by atoms with van der Waals surface area (Å²) in [5.74, 6) is -0.525. The molecule has 1 atom stereocenters. The van der Waals surface area contributed by atoms with E-state index < -0.39 is 15.8 Å². The van der Waals surface area contributed by atoms with Gasteiger partial charge in [-0.2, -0.15) is 4.31 Å². The maximum Gasteiger partial charge on any atom is 0.245 e. The van der Waals surface area contributed by atoms with Gasteiger partial charge >= 0.3 is 0 Å². The van der Waals surface area contributed by atoms with Crippen molar-refractivity contribution in [1.29, 1.82) is 0 Å². The fourth-order valence-electron chi connectivity index (χ4n) is 2.79. The fraction of sp³-hybridized carbons (Fsp3) is 0.312. The highest BCUT2D eigenvalue weighted by molar-refractivity contribution is 7.89. The maximum atomic E-state index is 13.6. The third-order valence-corrected chi connectivity index (χ3v) is 6.44. The fourth-order valence-corrected chi connectivity index (χ4v) is 4.97. The van der Waals surface area contributed by atoms with Crippen LogP contribution in [0.5, 0.6) is 0 Å². The summed E-state index contributed by atoms with van der Waals surface area (Å²) in [6.07, 6.45) is 3.29. The molecule has 3 rings (SSSR count). The van der Waals surface area contributed by atoms with Crippen LogP contribution in [0, 0.1) is 12.7 Å². The third-order valence-electron chi connectivity index (χ3n) is 4.06. The Kier molecular flexibility index (Phi) is 6.40. The molecule has 0 radical (unpaired) electrons. The molecule has 0 spiro atoms. The minimum atomic E-state index is -3.86. The van der Waals surface area contributed by atoms with Crippen molar-refractivity contribution in [3.63, 3.8) is 0 Å². The van der Waals surface area contributed by atoms with Crippen LogP contribution in [-0.2, 0) is 10.0 Å². The Morgan fingerprint density at radius 1 is 1.40 bits per heavy atom. The van der Waals surface area contributed by atoms with E-state index in [0.29, 0.717) is 19.6 Å². The number of aromatic nitrogens is 1. The van der Waals surface area contributed by atoms with Crippen molar-refractivity contribution in [2.75, 3.05) is 19.6 Å². The summed E-state index contributed by atoms with van der Waals surface area (Å²) < 4.78 is 41.3. The average Bonchev–Trinajstić information content (AvgIpc) is 2.59. The summed E-state index contributed by atoms with van der Waals surface area (Å²) in [5.41, 5.74) is 1.04. The summed E-state index contributed by atoms with van der Waals surface area (Å²) >= 11 is 6.03. The molecule has 2 heterocycles. The van der Waals surface area contributed by atoms with E-state index in [1.807, 2.05) is 6.07 Å². The lowest BCUT2D eigenvalue weighted by Gasteiger charge is -2.35. The van der Waals surface area contributed by atoms with E-state index in [1.54, 1.807) is 18.5 Å². The lowest BCUT2D eigenvalue weighted by molar-refractivity contribution is 0.271. The van der Waals surface area contributed by atoms with Gasteiger partial charge in [0.25, 0.3) is 0 Å². The number of pyridine rings is 1. The summed E-state index contributed by atoms with van der Waals surface area (Å²) in [6.45, 7) is 2.83. The van der Waals surface area contributed by atoms with Crippen molar-refractivity contribution >= 4 is 34.0 Å². The lowest BCUT2D eigenvalue weighted by atomic mass is 10.1. The van der Waals surface area contributed by atoms with Gasteiger partial charge in [0, 0.05) is 32.0 Å². The molecule has 2 aromatic rings. The van der Waals surface area contributed by atoms with Crippen molar-refractivity contribution < 1.29 is 12.8 Å². The van der Waals surface area contributed by atoms with Gasteiger partial charge in [-0.15, -0.1) is 12.4 Å². The third kappa shape index (κ3) is 3.96. The number of piperazine rings is 1. The summed E-state index contributed by atoms with van der Waals surface area (Å²) in [6, 6.07) is 5.55. The molecule has 1 saturated heterocycles. The van der Waals surface area contributed by atoms with Crippen molar-refractivity contribution in [1.82, 2.24) is 14.6 Å². The molecule has 25 heavy (non-hydrogen) atoms. The molecule has 0 saturated carbocycles. The van der Waals surface area contributed by atoms with E-state index in [1.165, 1.54) is 17.3 Å². The zero-order valence-corrected chi connectivity index (χ0v) is 15.8. The average molecular weight is 406 g/mol. The summed E-state index contributed by atoms with van der Waals surface area (Å²) in [4.78, 5) is 4.00. The van der Waals surface area contributed by atoms with Crippen molar-refractivity contribution in [3.05, 3.63) is 58.6 Å². The van der Waals surface area contributed by atoms with Gasteiger partial charge in [-0.25, -0.2) is 12.8 Å². The molecule has 9 heteroatoms. The van der Waals surface area contributed by atoms with E-state index in [-0.39, 0.29) is 33.9 Å². The van der Waals surface area contributed by atoms with E-state index in [9.17, 15) is 12.8 Å². The topological polar surface area (TPSA) is 62.3 Å². The van der Waals surface area contributed by atoms with Crippen LogP contribution in [0.25, 0.3) is 0 Å². The second-order valence-corrected chi connectivity index (χ2v) is 7.92. The number of halogens is 3. The van der Waals surface area contributed by atoms with Gasteiger partial charge in [-0.3, -0.25) is 4.98 Å². The Morgan fingerprint density at radius 3 is 2.84 bits per heavy atom. The first kappa shape index (κ1) is 20.1. The Hall–Kier alpha value is -1.25. The molecule has 5 nitrogen and oxygen atoms in total. The largest absolute Gasteiger partial charge is 0.313 e. The molecule has 1 fully saturated rings. The van der Waals surface area contributed by atoms with Gasteiger partial charge in [0.15, 0.2) is 0 Å². The first-order valence-electron chi connectivity index (χ1n) is 7.49. The predicted octanol–water partition coefficient (Wildman–Crippen LogP) is 2.94.